The molecule has 4 rings (SSSR count). The highest BCUT2D eigenvalue weighted by Crippen LogP contribution is 2.36. The van der Waals surface area contributed by atoms with E-state index in [-0.39, 0.29) is 29.3 Å². The summed E-state index contributed by atoms with van der Waals surface area (Å²) in [6, 6.07) is 10.9. The number of hydrogen-bond donors (Lipinski definition) is 1. The number of rotatable bonds is 6. The number of anilines is 1. The Hall–Kier alpha value is -3.85. The molecule has 0 radical (unpaired) electrons. The number of carbonyl (C=O) groups excluding carboxylic acids is 2. The number of allylic oxidation sites excluding steroid dienone is 1. The van der Waals surface area contributed by atoms with Crippen LogP contribution in [-0.4, -0.2) is 36.9 Å². The first kappa shape index (κ1) is 22.3. The van der Waals surface area contributed by atoms with Gasteiger partial charge in [0.2, 0.25) is 11.0 Å². The molecule has 168 valence electrons. The molecule has 0 saturated heterocycles. The molecule has 1 aliphatic heterocycles. The Morgan fingerprint density at radius 3 is 2.64 bits per heavy atom. The molecule has 2 amide bonds. The molecule has 1 aliphatic carbocycles. The Labute approximate surface area is 195 Å². The number of amides is 2. The second-order valence-electron chi connectivity index (χ2n) is 7.28. The molecule has 0 saturated carbocycles. The number of nitrogens with zero attached hydrogens (tertiary/aromatic N) is 2. The van der Waals surface area contributed by atoms with Crippen LogP contribution in [0.25, 0.3) is 0 Å². The molecule has 0 spiro atoms. The zero-order chi connectivity index (χ0) is 23.5. The number of methoxy groups -OCH3 is 2. The Kier molecular flexibility index (Phi) is 6.32. The number of halogens is 1. The molecule has 1 atom stereocenters. The summed E-state index contributed by atoms with van der Waals surface area (Å²) in [5.74, 6) is -0.703. The highest BCUT2D eigenvalue weighted by atomic mass is 32.1. The van der Waals surface area contributed by atoms with Crippen LogP contribution in [0.15, 0.2) is 71.3 Å². The Morgan fingerprint density at radius 1 is 1.18 bits per heavy atom. The van der Waals surface area contributed by atoms with E-state index in [1.54, 1.807) is 48.6 Å². The van der Waals surface area contributed by atoms with Crippen LogP contribution in [-0.2, 0) is 16.1 Å². The van der Waals surface area contributed by atoms with E-state index < -0.39 is 5.92 Å². The average molecular weight is 466 g/mol. The fourth-order valence-corrected chi connectivity index (χ4v) is 3.82. The summed E-state index contributed by atoms with van der Waals surface area (Å²) in [5.41, 5.74) is 1.92. The van der Waals surface area contributed by atoms with Gasteiger partial charge in [0.15, 0.2) is 0 Å². The van der Waals surface area contributed by atoms with Gasteiger partial charge in [0.05, 0.1) is 31.5 Å². The van der Waals surface area contributed by atoms with E-state index in [1.165, 1.54) is 31.3 Å². The van der Waals surface area contributed by atoms with Crippen LogP contribution in [0, 0.1) is 11.7 Å². The van der Waals surface area contributed by atoms with Crippen LogP contribution in [0.2, 0.25) is 0 Å². The predicted molar refractivity (Wildman–Crippen MR) is 126 cm³/mol. The van der Waals surface area contributed by atoms with Crippen molar-refractivity contribution in [3.05, 3.63) is 77.6 Å². The van der Waals surface area contributed by atoms with Gasteiger partial charge in [-0.25, -0.2) is 9.38 Å². The average Bonchev–Trinajstić information content (AvgIpc) is 2.83. The summed E-state index contributed by atoms with van der Waals surface area (Å²) in [6.07, 6.45) is 4.75. The van der Waals surface area contributed by atoms with E-state index in [1.807, 2.05) is 0 Å². The first-order chi connectivity index (χ1) is 15.9. The smallest absolute Gasteiger partial charge is 0.251 e. The maximum Gasteiger partial charge on any atom is 0.251 e. The Bertz CT molecular complexity index is 1220. The zero-order valence-electron chi connectivity index (χ0n) is 17.9. The van der Waals surface area contributed by atoms with Gasteiger partial charge in [-0.1, -0.05) is 24.3 Å². The van der Waals surface area contributed by atoms with E-state index in [4.69, 9.17) is 21.7 Å². The summed E-state index contributed by atoms with van der Waals surface area (Å²) in [6.45, 7) is 0.237. The summed E-state index contributed by atoms with van der Waals surface area (Å²) >= 11 is 5.41. The molecular weight excluding hydrogens is 445 g/mol. The number of aliphatic imine (C=N–C) groups is 1. The van der Waals surface area contributed by atoms with Crippen LogP contribution < -0.4 is 19.7 Å². The largest absolute Gasteiger partial charge is 0.497 e. The normalized spacial score (nSPS) is 17.2. The summed E-state index contributed by atoms with van der Waals surface area (Å²) in [4.78, 5) is 31.6. The lowest BCUT2D eigenvalue weighted by Crippen LogP contribution is -2.46. The van der Waals surface area contributed by atoms with E-state index in [0.29, 0.717) is 28.5 Å². The number of nitrogens with one attached hydrogen (secondary N) is 1. The van der Waals surface area contributed by atoms with Crippen molar-refractivity contribution in [1.29, 1.82) is 0 Å². The lowest BCUT2D eigenvalue weighted by atomic mass is 9.91. The summed E-state index contributed by atoms with van der Waals surface area (Å²) in [5, 5.41) is 2.81. The van der Waals surface area contributed by atoms with Gasteiger partial charge in [-0.15, -0.1) is 0 Å². The molecule has 2 aromatic rings. The Balaban J connectivity index is 1.55. The standard InChI is InChI=1S/C24H20FN3O4S/c1-31-17-8-10-21(32-2)20(12-17)28-23(30)18-9-5-15(11-19(18)27-24(28)33)22(29)26-13-14-3-6-16(25)7-4-14/h3-12,18H,13H2,1-2H3,(H,26,29). The topological polar surface area (TPSA) is 80.2 Å². The highest BCUT2D eigenvalue weighted by Gasteiger charge is 2.37. The van der Waals surface area contributed by atoms with Crippen molar-refractivity contribution < 1.29 is 23.5 Å². The molecule has 0 aromatic heterocycles. The molecule has 7 nitrogen and oxygen atoms in total. The Morgan fingerprint density at radius 2 is 1.94 bits per heavy atom. The maximum atomic E-state index is 13.3. The molecule has 2 aromatic carbocycles. The molecule has 2 aliphatic rings. The van der Waals surface area contributed by atoms with Crippen molar-refractivity contribution in [3.63, 3.8) is 0 Å². The van der Waals surface area contributed by atoms with Crippen molar-refractivity contribution in [1.82, 2.24) is 5.32 Å². The van der Waals surface area contributed by atoms with E-state index >= 15 is 0 Å². The predicted octanol–water partition coefficient (Wildman–Crippen LogP) is 3.34. The number of fused-ring (bicyclic) bond motifs is 1. The lowest BCUT2D eigenvalue weighted by molar-refractivity contribution is -0.119. The number of hydrogen-bond acceptors (Lipinski definition) is 5. The minimum atomic E-state index is -0.693. The molecule has 0 bridgehead atoms. The number of ether oxygens (including phenoxy) is 2. The highest BCUT2D eigenvalue weighted by molar-refractivity contribution is 7.80. The second-order valence-corrected chi connectivity index (χ2v) is 7.64. The van der Waals surface area contributed by atoms with Gasteiger partial charge in [-0.3, -0.25) is 14.5 Å². The number of carbonyl (C=O) groups is 2. The van der Waals surface area contributed by atoms with Gasteiger partial charge < -0.3 is 14.8 Å². The van der Waals surface area contributed by atoms with Crippen LogP contribution in [0.3, 0.4) is 0 Å². The molecule has 0 fully saturated rings. The molecule has 33 heavy (non-hydrogen) atoms. The van der Waals surface area contributed by atoms with Gasteiger partial charge in [0, 0.05) is 18.2 Å². The monoisotopic (exact) mass is 465 g/mol. The van der Waals surface area contributed by atoms with Gasteiger partial charge in [-0.2, -0.15) is 0 Å². The second kappa shape index (κ2) is 9.33. The molecule has 1 unspecified atom stereocenters. The first-order valence-electron chi connectivity index (χ1n) is 10.0. The van der Waals surface area contributed by atoms with Crippen molar-refractivity contribution in [2.45, 2.75) is 6.54 Å². The van der Waals surface area contributed by atoms with Crippen LogP contribution in [0.1, 0.15) is 5.56 Å². The molecule has 1 N–H and O–H groups in total. The maximum absolute atomic E-state index is 13.3. The van der Waals surface area contributed by atoms with E-state index in [9.17, 15) is 14.0 Å². The van der Waals surface area contributed by atoms with Gasteiger partial charge >= 0.3 is 0 Å². The van der Waals surface area contributed by atoms with Gasteiger partial charge in [-0.05, 0) is 48.1 Å². The zero-order valence-corrected chi connectivity index (χ0v) is 18.7. The number of thiocarbonyl (C=S) groups is 1. The van der Waals surface area contributed by atoms with Crippen LogP contribution in [0.5, 0.6) is 11.5 Å². The lowest BCUT2D eigenvalue weighted by Gasteiger charge is -2.31. The van der Waals surface area contributed by atoms with Crippen molar-refractivity contribution in [2.75, 3.05) is 19.1 Å². The summed E-state index contributed by atoms with van der Waals surface area (Å²) < 4.78 is 23.7. The third-order valence-electron chi connectivity index (χ3n) is 5.25. The minimum Gasteiger partial charge on any atom is -0.497 e. The molecular formula is C24H20FN3O4S. The van der Waals surface area contributed by atoms with E-state index in [0.717, 1.165) is 5.56 Å². The summed E-state index contributed by atoms with van der Waals surface area (Å²) in [7, 11) is 3.02. The van der Waals surface area contributed by atoms with Crippen molar-refractivity contribution in [2.24, 2.45) is 10.9 Å². The molecule has 9 heteroatoms. The first-order valence-corrected chi connectivity index (χ1v) is 10.4. The third kappa shape index (κ3) is 4.54. The van der Waals surface area contributed by atoms with Crippen molar-refractivity contribution >= 4 is 40.5 Å². The quantitative estimate of drug-likeness (QED) is 0.662. The fourth-order valence-electron chi connectivity index (χ4n) is 3.52. The van der Waals surface area contributed by atoms with Gasteiger partial charge in [0.1, 0.15) is 17.3 Å². The minimum absolute atomic E-state index is 0.0374. The van der Waals surface area contributed by atoms with Crippen LogP contribution in [0.4, 0.5) is 10.1 Å². The molecule has 1 heterocycles. The van der Waals surface area contributed by atoms with Crippen molar-refractivity contribution in [3.8, 4) is 11.5 Å². The SMILES string of the molecule is COc1ccc(OC)c(N2C(=O)C3C=CC(C(=O)NCc4ccc(F)cc4)=CC3=NC2=S)c1. The number of benzene rings is 2. The van der Waals surface area contributed by atoms with E-state index in [2.05, 4.69) is 10.3 Å². The van der Waals surface area contributed by atoms with Crippen LogP contribution >= 0.6 is 12.2 Å². The third-order valence-corrected chi connectivity index (χ3v) is 5.52. The fraction of sp³-hybridized carbons (Fsp3) is 0.167. The van der Waals surface area contributed by atoms with Gasteiger partial charge in [0.25, 0.3) is 5.91 Å².